The number of rotatable bonds is 1. The van der Waals surface area contributed by atoms with Gasteiger partial charge in [0.25, 0.3) is 0 Å². The molecular formula is C13H24N2O2. The molecule has 0 spiro atoms. The maximum atomic E-state index is 6.27. The van der Waals surface area contributed by atoms with Crippen molar-refractivity contribution in [3.8, 4) is 0 Å². The molecule has 0 aromatic heterocycles. The molecule has 1 aliphatic carbocycles. The Morgan fingerprint density at radius 2 is 1.88 bits per heavy atom. The van der Waals surface area contributed by atoms with Crippen LogP contribution >= 0.6 is 0 Å². The lowest BCUT2D eigenvalue weighted by molar-refractivity contribution is -0.123. The molecular weight excluding hydrogens is 216 g/mol. The smallest absolute Gasteiger partial charge is 0.0731 e. The number of ether oxygens (including phenoxy) is 2. The SMILES string of the molecule is NC1CCOCC1N1CCOC2CCCCC21. The molecule has 4 atom stereocenters. The molecule has 0 radical (unpaired) electrons. The second kappa shape index (κ2) is 5.22. The third-order valence-corrected chi connectivity index (χ3v) is 4.58. The summed E-state index contributed by atoms with van der Waals surface area (Å²) in [5.41, 5.74) is 6.27. The average molecular weight is 240 g/mol. The Bertz CT molecular complexity index is 254. The highest BCUT2D eigenvalue weighted by Gasteiger charge is 2.40. The van der Waals surface area contributed by atoms with Gasteiger partial charge < -0.3 is 15.2 Å². The zero-order chi connectivity index (χ0) is 11.7. The van der Waals surface area contributed by atoms with Crippen molar-refractivity contribution in [2.24, 2.45) is 5.73 Å². The lowest BCUT2D eigenvalue weighted by Gasteiger charge is -2.49. The fourth-order valence-electron chi connectivity index (χ4n) is 3.62. The lowest BCUT2D eigenvalue weighted by atomic mass is 9.88. The first-order valence-corrected chi connectivity index (χ1v) is 7.07. The van der Waals surface area contributed by atoms with Gasteiger partial charge in [-0.15, -0.1) is 0 Å². The molecule has 4 nitrogen and oxygen atoms in total. The summed E-state index contributed by atoms with van der Waals surface area (Å²) in [5.74, 6) is 0. The van der Waals surface area contributed by atoms with Gasteiger partial charge in [0.2, 0.25) is 0 Å². The van der Waals surface area contributed by atoms with Gasteiger partial charge in [-0.3, -0.25) is 4.90 Å². The van der Waals surface area contributed by atoms with Crippen molar-refractivity contribution in [3.63, 3.8) is 0 Å². The van der Waals surface area contributed by atoms with Crippen molar-refractivity contribution >= 4 is 0 Å². The summed E-state index contributed by atoms with van der Waals surface area (Å²) in [6, 6.07) is 1.29. The number of hydrogen-bond donors (Lipinski definition) is 1. The van der Waals surface area contributed by atoms with Crippen LogP contribution in [0, 0.1) is 0 Å². The molecule has 17 heavy (non-hydrogen) atoms. The standard InChI is InChI=1S/C13H24N2O2/c14-10-5-7-16-9-12(10)15-6-8-17-13-4-2-1-3-11(13)15/h10-13H,1-9,14H2. The monoisotopic (exact) mass is 240 g/mol. The Morgan fingerprint density at radius 1 is 1.00 bits per heavy atom. The molecule has 1 saturated carbocycles. The molecule has 2 heterocycles. The molecule has 2 aliphatic heterocycles. The third-order valence-electron chi connectivity index (χ3n) is 4.58. The highest BCUT2D eigenvalue weighted by Crippen LogP contribution is 2.31. The highest BCUT2D eigenvalue weighted by atomic mass is 16.5. The summed E-state index contributed by atoms with van der Waals surface area (Å²) < 4.78 is 11.5. The quantitative estimate of drug-likeness (QED) is 0.734. The van der Waals surface area contributed by atoms with Crippen molar-refractivity contribution < 1.29 is 9.47 Å². The molecule has 0 bridgehead atoms. The molecule has 4 heteroatoms. The Labute approximate surface area is 103 Å². The molecule has 3 rings (SSSR count). The van der Waals surface area contributed by atoms with Crippen molar-refractivity contribution in [2.75, 3.05) is 26.4 Å². The maximum Gasteiger partial charge on any atom is 0.0731 e. The van der Waals surface area contributed by atoms with Crippen LogP contribution in [0.2, 0.25) is 0 Å². The molecule has 0 aromatic rings. The van der Waals surface area contributed by atoms with Crippen LogP contribution in [-0.2, 0) is 9.47 Å². The third kappa shape index (κ3) is 2.36. The summed E-state index contributed by atoms with van der Waals surface area (Å²) in [5, 5.41) is 0. The van der Waals surface area contributed by atoms with Crippen molar-refractivity contribution in [3.05, 3.63) is 0 Å². The first-order chi connectivity index (χ1) is 8.36. The minimum Gasteiger partial charge on any atom is -0.380 e. The fourth-order valence-corrected chi connectivity index (χ4v) is 3.62. The number of fused-ring (bicyclic) bond motifs is 1. The van der Waals surface area contributed by atoms with Gasteiger partial charge in [0, 0.05) is 31.3 Å². The number of nitrogens with zero attached hydrogens (tertiary/aromatic N) is 1. The van der Waals surface area contributed by atoms with E-state index in [-0.39, 0.29) is 6.04 Å². The summed E-state index contributed by atoms with van der Waals surface area (Å²) in [6.45, 7) is 3.54. The van der Waals surface area contributed by atoms with E-state index in [9.17, 15) is 0 Å². The second-order valence-corrected chi connectivity index (χ2v) is 5.59. The van der Waals surface area contributed by atoms with E-state index < -0.39 is 0 Å². The van der Waals surface area contributed by atoms with E-state index in [0.717, 1.165) is 32.8 Å². The number of nitrogens with two attached hydrogens (primary N) is 1. The highest BCUT2D eigenvalue weighted by molar-refractivity contribution is 4.94. The Hall–Kier alpha value is -0.160. The van der Waals surface area contributed by atoms with Crippen molar-refractivity contribution in [1.29, 1.82) is 0 Å². The van der Waals surface area contributed by atoms with Gasteiger partial charge >= 0.3 is 0 Å². The predicted octanol–water partition coefficient (Wildman–Crippen LogP) is 0.746. The minimum absolute atomic E-state index is 0.282. The van der Waals surface area contributed by atoms with Gasteiger partial charge in [0.05, 0.1) is 19.3 Å². The van der Waals surface area contributed by atoms with E-state index in [1.54, 1.807) is 0 Å². The first kappa shape index (κ1) is 11.9. The van der Waals surface area contributed by atoms with Crippen LogP contribution in [0.25, 0.3) is 0 Å². The molecule has 3 fully saturated rings. The van der Waals surface area contributed by atoms with Crippen LogP contribution in [0.5, 0.6) is 0 Å². The van der Waals surface area contributed by atoms with Gasteiger partial charge in [0.15, 0.2) is 0 Å². The largest absolute Gasteiger partial charge is 0.380 e. The van der Waals surface area contributed by atoms with Gasteiger partial charge in [-0.25, -0.2) is 0 Å². The maximum absolute atomic E-state index is 6.27. The number of hydrogen-bond acceptors (Lipinski definition) is 4. The first-order valence-electron chi connectivity index (χ1n) is 7.07. The van der Waals surface area contributed by atoms with Crippen LogP contribution in [0.4, 0.5) is 0 Å². The Morgan fingerprint density at radius 3 is 2.76 bits per heavy atom. The molecule has 98 valence electrons. The van der Waals surface area contributed by atoms with Crippen molar-refractivity contribution in [2.45, 2.75) is 56.3 Å². The van der Waals surface area contributed by atoms with E-state index in [2.05, 4.69) is 4.90 Å². The molecule has 0 amide bonds. The topological polar surface area (TPSA) is 47.7 Å². The Balaban J connectivity index is 1.71. The molecule has 0 aromatic carbocycles. The van der Waals surface area contributed by atoms with Crippen LogP contribution in [0.15, 0.2) is 0 Å². The zero-order valence-electron chi connectivity index (χ0n) is 10.5. The Kier molecular flexibility index (Phi) is 3.66. The van der Waals surface area contributed by atoms with E-state index in [4.69, 9.17) is 15.2 Å². The average Bonchev–Trinajstić information content (AvgIpc) is 2.39. The van der Waals surface area contributed by atoms with E-state index in [1.165, 1.54) is 25.7 Å². The lowest BCUT2D eigenvalue weighted by Crippen LogP contribution is -2.63. The van der Waals surface area contributed by atoms with Crippen LogP contribution in [0.1, 0.15) is 32.1 Å². The normalized spacial score (nSPS) is 44.3. The van der Waals surface area contributed by atoms with Gasteiger partial charge in [-0.05, 0) is 19.3 Å². The molecule has 4 unspecified atom stereocenters. The van der Waals surface area contributed by atoms with E-state index in [1.807, 2.05) is 0 Å². The zero-order valence-corrected chi connectivity index (χ0v) is 10.5. The summed E-state index contributed by atoms with van der Waals surface area (Å²) in [6.07, 6.45) is 6.61. The van der Waals surface area contributed by atoms with Crippen LogP contribution in [-0.4, -0.2) is 55.5 Å². The van der Waals surface area contributed by atoms with Crippen LogP contribution < -0.4 is 5.73 Å². The van der Waals surface area contributed by atoms with Crippen LogP contribution in [0.3, 0.4) is 0 Å². The minimum atomic E-state index is 0.282. The predicted molar refractivity (Wildman–Crippen MR) is 65.9 cm³/mol. The summed E-state index contributed by atoms with van der Waals surface area (Å²) in [7, 11) is 0. The summed E-state index contributed by atoms with van der Waals surface area (Å²) >= 11 is 0. The van der Waals surface area contributed by atoms with Gasteiger partial charge in [-0.1, -0.05) is 12.8 Å². The molecule has 2 N–H and O–H groups in total. The van der Waals surface area contributed by atoms with Gasteiger partial charge in [-0.2, -0.15) is 0 Å². The van der Waals surface area contributed by atoms with Crippen molar-refractivity contribution in [1.82, 2.24) is 4.90 Å². The second-order valence-electron chi connectivity index (χ2n) is 5.59. The van der Waals surface area contributed by atoms with Gasteiger partial charge in [0.1, 0.15) is 0 Å². The summed E-state index contributed by atoms with van der Waals surface area (Å²) in [4.78, 5) is 2.59. The molecule has 2 saturated heterocycles. The molecule has 3 aliphatic rings. The fraction of sp³-hybridized carbons (Fsp3) is 1.00. The van der Waals surface area contributed by atoms with E-state index in [0.29, 0.717) is 18.2 Å². The van der Waals surface area contributed by atoms with E-state index >= 15 is 0 Å². The number of morpholine rings is 1.